The van der Waals surface area contributed by atoms with Gasteiger partial charge in [-0.05, 0) is 12.1 Å². The zero-order valence-corrected chi connectivity index (χ0v) is 9.53. The summed E-state index contributed by atoms with van der Waals surface area (Å²) in [5, 5.41) is 2.56. The summed E-state index contributed by atoms with van der Waals surface area (Å²) in [5.74, 6) is -1.22. The van der Waals surface area contributed by atoms with Crippen LogP contribution in [-0.2, 0) is 14.3 Å². The number of carbonyl (C=O) groups excluding carboxylic acids is 2. The Morgan fingerprint density at radius 1 is 1.38 bits per heavy atom. The summed E-state index contributed by atoms with van der Waals surface area (Å²) >= 11 is 5.36. The summed E-state index contributed by atoms with van der Waals surface area (Å²) in [7, 11) is 1.29. The third kappa shape index (κ3) is 3.32. The third-order valence-corrected chi connectivity index (χ3v) is 2.20. The number of Topliss-reactive ketones (excluding diaryl/α,β-unsaturated/α-hetero) is 1. The van der Waals surface area contributed by atoms with Gasteiger partial charge >= 0.3 is 0 Å². The first-order chi connectivity index (χ1) is 7.69. The predicted octanol–water partition coefficient (Wildman–Crippen LogP) is 1.45. The van der Waals surface area contributed by atoms with Gasteiger partial charge < -0.3 is 10.1 Å². The first-order valence-corrected chi connectivity index (χ1v) is 5.20. The van der Waals surface area contributed by atoms with Crippen LogP contribution >= 0.6 is 11.6 Å². The summed E-state index contributed by atoms with van der Waals surface area (Å²) < 4.78 is 4.79. The number of benzene rings is 1. The van der Waals surface area contributed by atoms with Crippen LogP contribution in [0.1, 0.15) is 0 Å². The van der Waals surface area contributed by atoms with E-state index in [9.17, 15) is 9.59 Å². The number of methoxy groups -OCH3 is 1. The van der Waals surface area contributed by atoms with Gasteiger partial charge in [0.25, 0.3) is 5.91 Å². The van der Waals surface area contributed by atoms with Crippen molar-refractivity contribution in [1.29, 1.82) is 0 Å². The molecule has 86 valence electrons. The van der Waals surface area contributed by atoms with Crippen molar-refractivity contribution < 1.29 is 14.3 Å². The Kier molecular flexibility index (Phi) is 4.95. The zero-order valence-electron chi connectivity index (χ0n) is 8.77. The maximum absolute atomic E-state index is 11.6. The van der Waals surface area contributed by atoms with E-state index in [0.717, 1.165) is 0 Å². The smallest absolute Gasteiger partial charge is 0.261 e. The van der Waals surface area contributed by atoms with Crippen molar-refractivity contribution in [2.75, 3.05) is 18.3 Å². The number of halogens is 1. The van der Waals surface area contributed by atoms with Crippen LogP contribution in [-0.4, -0.2) is 30.8 Å². The van der Waals surface area contributed by atoms with E-state index in [-0.39, 0.29) is 5.88 Å². The van der Waals surface area contributed by atoms with Crippen molar-refractivity contribution in [2.24, 2.45) is 0 Å². The summed E-state index contributed by atoms with van der Waals surface area (Å²) in [6.45, 7) is 0. The molecule has 4 nitrogen and oxygen atoms in total. The Balaban J connectivity index is 2.67. The number of amides is 1. The van der Waals surface area contributed by atoms with Crippen LogP contribution in [0.5, 0.6) is 0 Å². The SMILES string of the molecule is COC(C(=O)CCl)C(=O)Nc1ccccc1. The van der Waals surface area contributed by atoms with Crippen LogP contribution < -0.4 is 5.32 Å². The molecule has 5 heteroatoms. The van der Waals surface area contributed by atoms with Gasteiger partial charge in [-0.2, -0.15) is 0 Å². The van der Waals surface area contributed by atoms with Crippen LogP contribution in [0.4, 0.5) is 5.69 Å². The number of para-hydroxylation sites is 1. The molecule has 0 aromatic heterocycles. The maximum atomic E-state index is 11.6. The van der Waals surface area contributed by atoms with Crippen molar-refractivity contribution >= 4 is 29.0 Å². The Morgan fingerprint density at radius 2 is 2.00 bits per heavy atom. The highest BCUT2D eigenvalue weighted by Gasteiger charge is 2.25. The molecule has 0 fully saturated rings. The van der Waals surface area contributed by atoms with E-state index in [0.29, 0.717) is 5.69 Å². The molecular weight excluding hydrogens is 230 g/mol. The number of anilines is 1. The number of hydrogen-bond donors (Lipinski definition) is 1. The lowest BCUT2D eigenvalue weighted by Crippen LogP contribution is -2.37. The molecule has 1 atom stereocenters. The van der Waals surface area contributed by atoms with Gasteiger partial charge in [-0.15, -0.1) is 11.6 Å². The van der Waals surface area contributed by atoms with Gasteiger partial charge in [0.05, 0.1) is 5.88 Å². The van der Waals surface area contributed by atoms with E-state index < -0.39 is 17.8 Å². The van der Waals surface area contributed by atoms with Crippen LogP contribution in [0.15, 0.2) is 30.3 Å². The molecule has 0 saturated heterocycles. The average molecular weight is 242 g/mol. The second-order valence-corrected chi connectivity index (χ2v) is 3.34. The lowest BCUT2D eigenvalue weighted by molar-refractivity contribution is -0.137. The largest absolute Gasteiger partial charge is 0.364 e. The highest BCUT2D eigenvalue weighted by Crippen LogP contribution is 2.07. The minimum absolute atomic E-state index is 0.249. The van der Waals surface area contributed by atoms with E-state index in [2.05, 4.69) is 5.32 Å². The normalized spacial score (nSPS) is 11.9. The molecule has 0 heterocycles. The zero-order chi connectivity index (χ0) is 12.0. The highest BCUT2D eigenvalue weighted by atomic mass is 35.5. The van der Waals surface area contributed by atoms with Gasteiger partial charge in [0.15, 0.2) is 11.9 Å². The van der Waals surface area contributed by atoms with E-state index >= 15 is 0 Å². The second kappa shape index (κ2) is 6.25. The second-order valence-electron chi connectivity index (χ2n) is 3.07. The number of alkyl halides is 1. The Labute approximate surface area is 98.5 Å². The maximum Gasteiger partial charge on any atom is 0.261 e. The summed E-state index contributed by atoms with van der Waals surface area (Å²) in [5.41, 5.74) is 0.608. The molecule has 1 aromatic carbocycles. The number of ketones is 1. The average Bonchev–Trinajstić information content (AvgIpc) is 2.31. The summed E-state index contributed by atoms with van der Waals surface area (Å²) in [4.78, 5) is 22.9. The van der Waals surface area contributed by atoms with Gasteiger partial charge in [-0.1, -0.05) is 18.2 Å². The van der Waals surface area contributed by atoms with Crippen molar-refractivity contribution in [2.45, 2.75) is 6.10 Å². The van der Waals surface area contributed by atoms with Crippen LogP contribution in [0.3, 0.4) is 0 Å². The van der Waals surface area contributed by atoms with E-state index in [4.69, 9.17) is 16.3 Å². The van der Waals surface area contributed by atoms with Crippen molar-refractivity contribution in [3.8, 4) is 0 Å². The fourth-order valence-corrected chi connectivity index (χ4v) is 1.32. The van der Waals surface area contributed by atoms with Crippen LogP contribution in [0.2, 0.25) is 0 Å². The van der Waals surface area contributed by atoms with E-state index in [1.54, 1.807) is 24.3 Å². The molecule has 0 spiro atoms. The van der Waals surface area contributed by atoms with Gasteiger partial charge in [-0.25, -0.2) is 0 Å². The number of carbonyl (C=O) groups is 2. The van der Waals surface area contributed by atoms with Crippen molar-refractivity contribution in [3.63, 3.8) is 0 Å². The van der Waals surface area contributed by atoms with Gasteiger partial charge in [0.2, 0.25) is 0 Å². The Bertz CT molecular complexity index is 367. The minimum Gasteiger partial charge on any atom is -0.364 e. The molecule has 0 aliphatic heterocycles. The molecule has 1 N–H and O–H groups in total. The monoisotopic (exact) mass is 241 g/mol. The molecule has 0 radical (unpaired) electrons. The summed E-state index contributed by atoms with van der Waals surface area (Å²) in [6, 6.07) is 8.82. The van der Waals surface area contributed by atoms with Crippen LogP contribution in [0, 0.1) is 0 Å². The molecule has 1 aromatic rings. The third-order valence-electron chi connectivity index (χ3n) is 1.94. The molecule has 0 bridgehead atoms. The molecule has 0 aliphatic carbocycles. The fourth-order valence-electron chi connectivity index (χ4n) is 1.18. The van der Waals surface area contributed by atoms with Crippen LogP contribution in [0.25, 0.3) is 0 Å². The molecule has 1 rings (SSSR count). The number of nitrogens with one attached hydrogen (secondary N) is 1. The number of ether oxygens (including phenoxy) is 1. The molecule has 16 heavy (non-hydrogen) atoms. The topological polar surface area (TPSA) is 55.4 Å². The first kappa shape index (κ1) is 12.7. The van der Waals surface area contributed by atoms with Crippen molar-refractivity contribution in [3.05, 3.63) is 30.3 Å². The molecule has 0 aliphatic rings. The Hall–Kier alpha value is -1.39. The standard InChI is InChI=1S/C11H12ClNO3/c1-16-10(9(14)7-12)11(15)13-8-5-3-2-4-6-8/h2-6,10H,7H2,1H3,(H,13,15). The van der Waals surface area contributed by atoms with Crippen molar-refractivity contribution in [1.82, 2.24) is 0 Å². The van der Waals surface area contributed by atoms with Gasteiger partial charge in [0, 0.05) is 12.8 Å². The Morgan fingerprint density at radius 3 is 2.50 bits per heavy atom. The lowest BCUT2D eigenvalue weighted by atomic mass is 10.2. The minimum atomic E-state index is -1.15. The molecule has 1 unspecified atom stereocenters. The fraction of sp³-hybridized carbons (Fsp3) is 0.273. The quantitative estimate of drug-likeness (QED) is 0.627. The molecule has 1 amide bonds. The molecular formula is C11H12ClNO3. The number of hydrogen-bond acceptors (Lipinski definition) is 3. The molecule has 0 saturated carbocycles. The van der Waals surface area contributed by atoms with Gasteiger partial charge in [0.1, 0.15) is 0 Å². The lowest BCUT2D eigenvalue weighted by Gasteiger charge is -2.12. The van der Waals surface area contributed by atoms with E-state index in [1.807, 2.05) is 6.07 Å². The number of rotatable bonds is 5. The summed E-state index contributed by atoms with van der Waals surface area (Å²) in [6.07, 6.45) is -1.15. The first-order valence-electron chi connectivity index (χ1n) is 4.66. The predicted molar refractivity (Wildman–Crippen MR) is 61.6 cm³/mol. The van der Waals surface area contributed by atoms with E-state index in [1.165, 1.54) is 7.11 Å². The van der Waals surface area contributed by atoms with Gasteiger partial charge in [-0.3, -0.25) is 9.59 Å². The highest BCUT2D eigenvalue weighted by molar-refractivity contribution is 6.30.